The maximum Gasteiger partial charge on any atom is 0.168 e. The maximum absolute atomic E-state index is 10.6. The van der Waals surface area contributed by atoms with Crippen LogP contribution in [-0.2, 0) is 0 Å². The number of aromatic nitrogens is 2. The molecule has 0 saturated heterocycles. The van der Waals surface area contributed by atoms with Gasteiger partial charge < -0.3 is 0 Å². The molecule has 3 heteroatoms. The highest BCUT2D eigenvalue weighted by atomic mass is 16.1. The first-order valence-corrected chi connectivity index (χ1v) is 4.53. The fraction of sp³-hybridized carbons (Fsp3) is 0.273. The van der Waals surface area contributed by atoms with Gasteiger partial charge >= 0.3 is 0 Å². The van der Waals surface area contributed by atoms with Gasteiger partial charge in [0.1, 0.15) is 11.5 Å². The van der Waals surface area contributed by atoms with Crippen LogP contribution in [-0.4, -0.2) is 15.8 Å². The number of rotatable bonds is 3. The number of imidazole rings is 1. The Labute approximate surface area is 84.8 Å². The van der Waals surface area contributed by atoms with Crippen LogP contribution in [0.15, 0.2) is 13.2 Å². The van der Waals surface area contributed by atoms with Gasteiger partial charge in [0.2, 0.25) is 0 Å². The lowest BCUT2D eigenvalue weighted by molar-refractivity contribution is 0.111. The molecule has 0 amide bonds. The zero-order chi connectivity index (χ0) is 11.1. The van der Waals surface area contributed by atoms with E-state index in [0.717, 1.165) is 6.29 Å². The lowest BCUT2D eigenvalue weighted by Crippen LogP contribution is -1.95. The first kappa shape index (κ1) is 12.4. The predicted molar refractivity (Wildman–Crippen MR) is 60.2 cm³/mol. The van der Waals surface area contributed by atoms with E-state index in [4.69, 9.17) is 0 Å². The van der Waals surface area contributed by atoms with Crippen molar-refractivity contribution in [3.63, 3.8) is 0 Å². The second kappa shape index (κ2) is 5.91. The molecule has 0 saturated carbocycles. The number of carbonyl (C=O) groups excluding carboxylic acids is 1. The molecule has 0 spiro atoms. The van der Waals surface area contributed by atoms with Crippen LogP contribution in [0.25, 0.3) is 12.3 Å². The third-order valence-electron chi connectivity index (χ3n) is 1.64. The Morgan fingerprint density at radius 2 is 1.93 bits per heavy atom. The number of aryl methyl sites for hydroxylation is 1. The third kappa shape index (κ3) is 2.19. The standard InChI is InChI=1S/C9H10N2O.C2H6/c1-4-9-10-7(3)8(6-12)11(9)5-2;1-2/h4-6H,1-2H2,3H3;1-2H3. The minimum absolute atomic E-state index is 0.528. The van der Waals surface area contributed by atoms with E-state index in [1.807, 2.05) is 13.8 Å². The van der Waals surface area contributed by atoms with E-state index in [1.165, 1.54) is 0 Å². The number of carbonyl (C=O) groups is 1. The first-order chi connectivity index (χ1) is 6.74. The van der Waals surface area contributed by atoms with Crippen molar-refractivity contribution in [3.05, 3.63) is 30.4 Å². The van der Waals surface area contributed by atoms with Crippen molar-refractivity contribution in [2.45, 2.75) is 20.8 Å². The molecule has 3 nitrogen and oxygen atoms in total. The minimum Gasteiger partial charge on any atom is -0.298 e. The summed E-state index contributed by atoms with van der Waals surface area (Å²) in [5, 5.41) is 0. The van der Waals surface area contributed by atoms with Crippen LogP contribution in [0, 0.1) is 6.92 Å². The minimum atomic E-state index is 0.528. The van der Waals surface area contributed by atoms with E-state index in [2.05, 4.69) is 18.1 Å². The van der Waals surface area contributed by atoms with Gasteiger partial charge in [-0.05, 0) is 13.0 Å². The average Bonchev–Trinajstić information content (AvgIpc) is 2.56. The van der Waals surface area contributed by atoms with Crippen molar-refractivity contribution in [2.75, 3.05) is 0 Å². The largest absolute Gasteiger partial charge is 0.298 e. The average molecular weight is 192 g/mol. The summed E-state index contributed by atoms with van der Waals surface area (Å²) in [7, 11) is 0. The predicted octanol–water partition coefficient (Wildman–Crippen LogP) is 2.77. The molecule has 0 aliphatic carbocycles. The fourth-order valence-corrected chi connectivity index (χ4v) is 1.06. The SMILES string of the molecule is C=Cc1nc(C)c(C=O)n1C=C.CC. The van der Waals surface area contributed by atoms with Crippen LogP contribution in [0.5, 0.6) is 0 Å². The molecule has 1 heterocycles. The van der Waals surface area contributed by atoms with E-state index < -0.39 is 0 Å². The molecule has 0 atom stereocenters. The van der Waals surface area contributed by atoms with Gasteiger partial charge in [0.25, 0.3) is 0 Å². The van der Waals surface area contributed by atoms with Gasteiger partial charge in [-0.3, -0.25) is 9.36 Å². The molecule has 1 rings (SSSR count). The second-order valence-corrected chi connectivity index (χ2v) is 2.32. The van der Waals surface area contributed by atoms with Gasteiger partial charge in [-0.2, -0.15) is 0 Å². The fourth-order valence-electron chi connectivity index (χ4n) is 1.06. The molecule has 0 fully saturated rings. The lowest BCUT2D eigenvalue weighted by atomic mass is 10.4. The van der Waals surface area contributed by atoms with Crippen molar-refractivity contribution in [1.29, 1.82) is 0 Å². The summed E-state index contributed by atoms with van der Waals surface area (Å²) in [5.74, 6) is 0.643. The Morgan fingerprint density at radius 1 is 1.36 bits per heavy atom. The number of hydrogen-bond donors (Lipinski definition) is 0. The molecular formula is C11H16N2O. The van der Waals surface area contributed by atoms with Gasteiger partial charge in [0.05, 0.1) is 5.69 Å². The van der Waals surface area contributed by atoms with Gasteiger partial charge in [-0.1, -0.05) is 27.0 Å². The lowest BCUT2D eigenvalue weighted by Gasteiger charge is -1.96. The van der Waals surface area contributed by atoms with Crippen LogP contribution in [0.1, 0.15) is 35.9 Å². The highest BCUT2D eigenvalue weighted by Crippen LogP contribution is 2.10. The molecule has 0 bridgehead atoms. The Balaban J connectivity index is 0.000000791. The Hall–Kier alpha value is -1.64. The molecule has 0 aliphatic heterocycles. The molecule has 14 heavy (non-hydrogen) atoms. The maximum atomic E-state index is 10.6. The summed E-state index contributed by atoms with van der Waals surface area (Å²) in [6, 6.07) is 0. The van der Waals surface area contributed by atoms with Crippen LogP contribution < -0.4 is 0 Å². The summed E-state index contributed by atoms with van der Waals surface area (Å²) >= 11 is 0. The summed E-state index contributed by atoms with van der Waals surface area (Å²) in [6.07, 6.45) is 3.89. The van der Waals surface area contributed by atoms with E-state index in [1.54, 1.807) is 23.8 Å². The molecule has 76 valence electrons. The highest BCUT2D eigenvalue weighted by Gasteiger charge is 2.08. The smallest absolute Gasteiger partial charge is 0.168 e. The van der Waals surface area contributed by atoms with E-state index in [-0.39, 0.29) is 0 Å². The molecule has 0 N–H and O–H groups in total. The molecule has 0 unspecified atom stereocenters. The Bertz CT molecular complexity index is 337. The van der Waals surface area contributed by atoms with Crippen molar-refractivity contribution in [3.8, 4) is 0 Å². The molecule has 0 aliphatic rings. The summed E-state index contributed by atoms with van der Waals surface area (Å²) in [4.78, 5) is 14.7. The number of aldehydes is 1. The monoisotopic (exact) mass is 192 g/mol. The Morgan fingerprint density at radius 3 is 2.29 bits per heavy atom. The summed E-state index contributed by atoms with van der Waals surface area (Å²) in [6.45, 7) is 12.9. The van der Waals surface area contributed by atoms with Gasteiger partial charge in [-0.15, -0.1) is 0 Å². The summed E-state index contributed by atoms with van der Waals surface area (Å²) in [5.41, 5.74) is 1.22. The summed E-state index contributed by atoms with van der Waals surface area (Å²) < 4.78 is 1.61. The van der Waals surface area contributed by atoms with Crippen LogP contribution >= 0.6 is 0 Å². The van der Waals surface area contributed by atoms with Crippen molar-refractivity contribution in [1.82, 2.24) is 9.55 Å². The molecular weight excluding hydrogens is 176 g/mol. The quantitative estimate of drug-likeness (QED) is 0.690. The zero-order valence-corrected chi connectivity index (χ0v) is 8.95. The van der Waals surface area contributed by atoms with E-state index >= 15 is 0 Å². The highest BCUT2D eigenvalue weighted by molar-refractivity contribution is 5.76. The van der Waals surface area contributed by atoms with Gasteiger partial charge in [0, 0.05) is 6.20 Å². The van der Waals surface area contributed by atoms with Crippen molar-refractivity contribution < 1.29 is 4.79 Å². The van der Waals surface area contributed by atoms with E-state index in [0.29, 0.717) is 17.2 Å². The molecule has 1 aromatic heterocycles. The van der Waals surface area contributed by atoms with Crippen molar-refractivity contribution in [2.24, 2.45) is 0 Å². The number of nitrogens with zero attached hydrogens (tertiary/aromatic N) is 2. The number of hydrogen-bond acceptors (Lipinski definition) is 2. The molecule has 0 radical (unpaired) electrons. The van der Waals surface area contributed by atoms with Crippen LogP contribution in [0.2, 0.25) is 0 Å². The van der Waals surface area contributed by atoms with Crippen molar-refractivity contribution >= 4 is 18.6 Å². The first-order valence-electron chi connectivity index (χ1n) is 4.53. The third-order valence-corrected chi connectivity index (χ3v) is 1.64. The Kier molecular flexibility index (Phi) is 5.22. The normalized spacial score (nSPS) is 8.50. The van der Waals surface area contributed by atoms with Gasteiger partial charge in [-0.25, -0.2) is 4.98 Å². The van der Waals surface area contributed by atoms with Crippen LogP contribution in [0.4, 0.5) is 0 Å². The topological polar surface area (TPSA) is 34.9 Å². The van der Waals surface area contributed by atoms with Gasteiger partial charge in [0.15, 0.2) is 6.29 Å². The zero-order valence-electron chi connectivity index (χ0n) is 8.95. The van der Waals surface area contributed by atoms with Crippen LogP contribution in [0.3, 0.4) is 0 Å². The second-order valence-electron chi connectivity index (χ2n) is 2.32. The molecule has 1 aromatic rings. The van der Waals surface area contributed by atoms with E-state index in [9.17, 15) is 4.79 Å². The molecule has 0 aromatic carbocycles.